The summed E-state index contributed by atoms with van der Waals surface area (Å²) in [6.45, 7) is 3.44. The second-order valence-electron chi connectivity index (χ2n) is 4.11. The number of allylic oxidation sites excluding steroid dienone is 1. The van der Waals surface area contributed by atoms with E-state index in [1.54, 1.807) is 35.7 Å². The Balaban J connectivity index is 2.38. The minimum atomic E-state index is -0.153. The van der Waals surface area contributed by atoms with Crippen LogP contribution >= 0.6 is 23.5 Å². The number of hydrogen-bond donors (Lipinski definition) is 0. The van der Waals surface area contributed by atoms with Crippen molar-refractivity contribution in [2.45, 2.75) is 13.8 Å². The van der Waals surface area contributed by atoms with Gasteiger partial charge in [-0.05, 0) is 13.8 Å². The predicted molar refractivity (Wildman–Crippen MR) is 78.1 cm³/mol. The van der Waals surface area contributed by atoms with E-state index in [9.17, 15) is 9.59 Å². The molecule has 1 saturated heterocycles. The van der Waals surface area contributed by atoms with Crippen molar-refractivity contribution in [2.75, 3.05) is 11.5 Å². The summed E-state index contributed by atoms with van der Waals surface area (Å²) in [4.78, 5) is 24.1. The van der Waals surface area contributed by atoms with Gasteiger partial charge in [-0.2, -0.15) is 0 Å². The van der Waals surface area contributed by atoms with E-state index in [1.165, 1.54) is 6.92 Å². The van der Waals surface area contributed by atoms with Gasteiger partial charge in [-0.1, -0.05) is 29.8 Å². The number of benzene rings is 1. The van der Waals surface area contributed by atoms with E-state index in [0.29, 0.717) is 11.1 Å². The first-order chi connectivity index (χ1) is 8.59. The van der Waals surface area contributed by atoms with Crippen molar-refractivity contribution in [1.29, 1.82) is 0 Å². The van der Waals surface area contributed by atoms with Gasteiger partial charge < -0.3 is 0 Å². The molecule has 0 aliphatic carbocycles. The molecular weight excluding hydrogens is 264 g/mol. The van der Waals surface area contributed by atoms with Crippen LogP contribution in [0.2, 0.25) is 0 Å². The van der Waals surface area contributed by atoms with E-state index < -0.39 is 0 Å². The highest BCUT2D eigenvalue weighted by atomic mass is 32.2. The van der Waals surface area contributed by atoms with Gasteiger partial charge in [0.25, 0.3) is 0 Å². The molecule has 0 saturated carbocycles. The molecule has 0 unspecified atom stereocenters. The van der Waals surface area contributed by atoms with Gasteiger partial charge in [0.15, 0.2) is 11.6 Å². The van der Waals surface area contributed by atoms with Crippen LogP contribution in [0.4, 0.5) is 0 Å². The van der Waals surface area contributed by atoms with E-state index in [1.807, 2.05) is 19.1 Å². The second-order valence-corrected chi connectivity index (χ2v) is 6.58. The third-order valence-electron chi connectivity index (χ3n) is 2.65. The quantitative estimate of drug-likeness (QED) is 0.367. The Labute approximate surface area is 115 Å². The minimum absolute atomic E-state index is 0.141. The molecule has 0 amide bonds. The largest absolute Gasteiger partial charge is 0.294 e. The molecule has 2 rings (SSSR count). The number of hydrogen-bond acceptors (Lipinski definition) is 4. The van der Waals surface area contributed by atoms with E-state index in [-0.39, 0.29) is 11.6 Å². The van der Waals surface area contributed by atoms with Crippen LogP contribution < -0.4 is 0 Å². The summed E-state index contributed by atoms with van der Waals surface area (Å²) in [6.07, 6.45) is 0. The average molecular weight is 278 g/mol. The molecule has 1 aromatic rings. The van der Waals surface area contributed by atoms with Crippen molar-refractivity contribution in [3.05, 3.63) is 45.2 Å². The highest BCUT2D eigenvalue weighted by Crippen LogP contribution is 2.39. The highest BCUT2D eigenvalue weighted by Gasteiger charge is 2.24. The molecule has 1 aromatic carbocycles. The number of ketones is 2. The number of thioether (sulfide) groups is 2. The fourth-order valence-electron chi connectivity index (χ4n) is 1.70. The lowest BCUT2D eigenvalue weighted by atomic mass is 10.0. The van der Waals surface area contributed by atoms with Crippen LogP contribution in [-0.4, -0.2) is 23.1 Å². The molecule has 2 nitrogen and oxygen atoms in total. The maximum absolute atomic E-state index is 12.4. The molecule has 0 spiro atoms. The first kappa shape index (κ1) is 13.4. The lowest BCUT2D eigenvalue weighted by molar-refractivity contribution is -0.113. The number of rotatable bonds is 3. The molecule has 0 radical (unpaired) electrons. The molecule has 1 aliphatic heterocycles. The van der Waals surface area contributed by atoms with E-state index in [0.717, 1.165) is 21.3 Å². The summed E-state index contributed by atoms with van der Waals surface area (Å²) < 4.78 is 0.882. The Morgan fingerprint density at radius 1 is 1.06 bits per heavy atom. The molecule has 1 fully saturated rings. The third-order valence-corrected chi connectivity index (χ3v) is 5.36. The fraction of sp³-hybridized carbons (Fsp3) is 0.286. The van der Waals surface area contributed by atoms with Gasteiger partial charge in [-0.3, -0.25) is 9.59 Å². The average Bonchev–Trinajstić information content (AvgIpc) is 2.83. The van der Waals surface area contributed by atoms with E-state index in [4.69, 9.17) is 0 Å². The van der Waals surface area contributed by atoms with Crippen molar-refractivity contribution >= 4 is 35.1 Å². The molecule has 0 N–H and O–H groups in total. The van der Waals surface area contributed by atoms with Gasteiger partial charge in [0.2, 0.25) is 0 Å². The SMILES string of the molecule is CC(=O)C(C(=O)c1ccc(C)cc1)=C1SCCS1. The van der Waals surface area contributed by atoms with Crippen LogP contribution in [0.1, 0.15) is 22.8 Å². The minimum Gasteiger partial charge on any atom is -0.294 e. The zero-order valence-electron chi connectivity index (χ0n) is 10.4. The molecule has 0 aromatic heterocycles. The molecule has 0 bridgehead atoms. The lowest BCUT2D eigenvalue weighted by Crippen LogP contribution is -2.11. The molecule has 1 heterocycles. The number of carbonyl (C=O) groups is 2. The molecular formula is C14H14O2S2. The highest BCUT2D eigenvalue weighted by molar-refractivity contribution is 8.25. The smallest absolute Gasteiger partial charge is 0.198 e. The fourth-order valence-corrected chi connectivity index (χ4v) is 4.33. The Bertz CT molecular complexity index is 507. The van der Waals surface area contributed by atoms with Gasteiger partial charge in [-0.25, -0.2) is 0 Å². The van der Waals surface area contributed by atoms with Gasteiger partial charge >= 0.3 is 0 Å². The van der Waals surface area contributed by atoms with E-state index in [2.05, 4.69) is 0 Å². The Kier molecular flexibility index (Phi) is 4.30. The summed E-state index contributed by atoms with van der Waals surface area (Å²) in [6, 6.07) is 7.35. The molecule has 18 heavy (non-hydrogen) atoms. The summed E-state index contributed by atoms with van der Waals surface area (Å²) in [5, 5.41) is 0. The van der Waals surface area contributed by atoms with Gasteiger partial charge in [0.1, 0.15) is 0 Å². The Morgan fingerprint density at radius 2 is 1.61 bits per heavy atom. The lowest BCUT2D eigenvalue weighted by Gasteiger charge is -2.06. The van der Waals surface area contributed by atoms with Crippen molar-refractivity contribution in [2.24, 2.45) is 0 Å². The van der Waals surface area contributed by atoms with Crippen molar-refractivity contribution in [3.8, 4) is 0 Å². The van der Waals surface area contributed by atoms with Crippen LogP contribution in [0.15, 0.2) is 34.1 Å². The van der Waals surface area contributed by atoms with Crippen LogP contribution in [0.5, 0.6) is 0 Å². The molecule has 0 atom stereocenters. The zero-order valence-corrected chi connectivity index (χ0v) is 12.0. The molecule has 94 valence electrons. The normalized spacial score (nSPS) is 14.7. The third kappa shape index (κ3) is 2.87. The maximum Gasteiger partial charge on any atom is 0.198 e. The van der Waals surface area contributed by atoms with Gasteiger partial charge in [0, 0.05) is 17.1 Å². The predicted octanol–water partition coefficient (Wildman–Crippen LogP) is 3.46. The van der Waals surface area contributed by atoms with Gasteiger partial charge in [-0.15, -0.1) is 23.5 Å². The van der Waals surface area contributed by atoms with E-state index >= 15 is 0 Å². The number of carbonyl (C=O) groups excluding carboxylic acids is 2. The maximum atomic E-state index is 12.4. The Morgan fingerprint density at radius 3 is 2.11 bits per heavy atom. The second kappa shape index (κ2) is 5.76. The topological polar surface area (TPSA) is 34.1 Å². The number of aryl methyl sites for hydroxylation is 1. The standard InChI is InChI=1S/C14H14O2S2/c1-9-3-5-11(6-4-9)13(16)12(10(2)15)14-17-7-8-18-14/h3-6H,7-8H2,1-2H3. The summed E-state index contributed by atoms with van der Waals surface area (Å²) in [7, 11) is 0. The van der Waals surface area contributed by atoms with Crippen LogP contribution in [-0.2, 0) is 4.79 Å². The van der Waals surface area contributed by atoms with Crippen LogP contribution in [0.25, 0.3) is 0 Å². The summed E-state index contributed by atoms with van der Waals surface area (Å²) in [5.41, 5.74) is 2.05. The zero-order chi connectivity index (χ0) is 13.1. The van der Waals surface area contributed by atoms with Crippen molar-refractivity contribution in [1.82, 2.24) is 0 Å². The molecule has 4 heteroatoms. The van der Waals surface area contributed by atoms with Crippen molar-refractivity contribution in [3.63, 3.8) is 0 Å². The summed E-state index contributed by atoms with van der Waals surface area (Å²) >= 11 is 3.21. The first-order valence-electron chi connectivity index (χ1n) is 5.72. The van der Waals surface area contributed by atoms with Crippen molar-refractivity contribution < 1.29 is 9.59 Å². The van der Waals surface area contributed by atoms with Gasteiger partial charge in [0.05, 0.1) is 9.81 Å². The Hall–Kier alpha value is -1.000. The van der Waals surface area contributed by atoms with Crippen LogP contribution in [0, 0.1) is 6.92 Å². The number of Topliss-reactive ketones (excluding diaryl/α,β-unsaturated/α-hetero) is 2. The first-order valence-corrected chi connectivity index (χ1v) is 7.69. The summed E-state index contributed by atoms with van der Waals surface area (Å²) in [5.74, 6) is 1.65. The van der Waals surface area contributed by atoms with Crippen LogP contribution in [0.3, 0.4) is 0 Å². The molecule has 1 aliphatic rings. The monoisotopic (exact) mass is 278 g/mol.